The highest BCUT2D eigenvalue weighted by Gasteiger charge is 2.28. The third-order valence-corrected chi connectivity index (χ3v) is 4.72. The second-order valence-corrected chi connectivity index (χ2v) is 6.59. The van der Waals surface area contributed by atoms with Crippen LogP contribution in [0.3, 0.4) is 0 Å². The maximum absolute atomic E-state index is 12.7. The predicted octanol–water partition coefficient (Wildman–Crippen LogP) is 2.05. The molecule has 0 unspecified atom stereocenters. The summed E-state index contributed by atoms with van der Waals surface area (Å²) in [5.41, 5.74) is 1.35. The van der Waals surface area contributed by atoms with Crippen molar-refractivity contribution in [1.82, 2.24) is 9.47 Å². The highest BCUT2D eigenvalue weighted by molar-refractivity contribution is 5.94. The van der Waals surface area contributed by atoms with Gasteiger partial charge in [-0.15, -0.1) is 0 Å². The van der Waals surface area contributed by atoms with Crippen LogP contribution in [0, 0.1) is 5.92 Å². The summed E-state index contributed by atoms with van der Waals surface area (Å²) < 4.78 is 1.40. The Bertz CT molecular complexity index is 826. The van der Waals surface area contributed by atoms with Gasteiger partial charge in [0.05, 0.1) is 5.56 Å². The van der Waals surface area contributed by atoms with Gasteiger partial charge in [-0.2, -0.15) is 0 Å². The average molecular weight is 338 g/mol. The first-order chi connectivity index (χ1) is 12.0. The Balaban J connectivity index is 1.68. The molecule has 1 aliphatic rings. The van der Waals surface area contributed by atoms with Crippen molar-refractivity contribution >= 4 is 11.7 Å². The highest BCUT2D eigenvalue weighted by atomic mass is 16.2. The molecular formula is C20H22N2O3. The van der Waals surface area contributed by atoms with E-state index >= 15 is 0 Å². The zero-order valence-corrected chi connectivity index (χ0v) is 14.4. The van der Waals surface area contributed by atoms with E-state index in [1.807, 2.05) is 30.3 Å². The van der Waals surface area contributed by atoms with Gasteiger partial charge >= 0.3 is 0 Å². The van der Waals surface area contributed by atoms with E-state index in [0.717, 1.165) is 18.4 Å². The van der Waals surface area contributed by atoms with Crippen LogP contribution < -0.4 is 5.56 Å². The van der Waals surface area contributed by atoms with Gasteiger partial charge in [0.2, 0.25) is 5.56 Å². The summed E-state index contributed by atoms with van der Waals surface area (Å²) in [6.07, 6.45) is 3.61. The van der Waals surface area contributed by atoms with E-state index in [9.17, 15) is 14.4 Å². The lowest BCUT2D eigenvalue weighted by atomic mass is 9.90. The number of pyridine rings is 1. The number of aromatic nitrogens is 1. The number of ketones is 1. The number of piperidine rings is 1. The topological polar surface area (TPSA) is 59.4 Å². The number of Topliss-reactive ketones (excluding diaryl/α,β-unsaturated/α-hetero) is 1. The summed E-state index contributed by atoms with van der Waals surface area (Å²) in [6.45, 7) is 1.10. The van der Waals surface area contributed by atoms with Crippen LogP contribution in [0.1, 0.15) is 28.8 Å². The second kappa shape index (κ2) is 7.47. The van der Waals surface area contributed by atoms with E-state index in [0.29, 0.717) is 25.1 Å². The molecule has 25 heavy (non-hydrogen) atoms. The van der Waals surface area contributed by atoms with E-state index < -0.39 is 0 Å². The number of hydrogen-bond donors (Lipinski definition) is 0. The van der Waals surface area contributed by atoms with Gasteiger partial charge in [0.15, 0.2) is 0 Å². The fourth-order valence-corrected chi connectivity index (χ4v) is 3.27. The van der Waals surface area contributed by atoms with Crippen molar-refractivity contribution in [3.63, 3.8) is 0 Å². The lowest BCUT2D eigenvalue weighted by molar-refractivity contribution is -0.123. The van der Waals surface area contributed by atoms with Gasteiger partial charge in [-0.25, -0.2) is 0 Å². The lowest BCUT2D eigenvalue weighted by Gasteiger charge is -2.32. The Morgan fingerprint density at radius 3 is 2.60 bits per heavy atom. The molecule has 1 saturated heterocycles. The summed E-state index contributed by atoms with van der Waals surface area (Å²) >= 11 is 0. The van der Waals surface area contributed by atoms with Crippen molar-refractivity contribution in [3.05, 3.63) is 70.1 Å². The van der Waals surface area contributed by atoms with Crippen molar-refractivity contribution in [3.8, 4) is 0 Å². The lowest BCUT2D eigenvalue weighted by Crippen LogP contribution is -2.43. The first kappa shape index (κ1) is 17.1. The minimum Gasteiger partial charge on any atom is -0.338 e. The first-order valence-electron chi connectivity index (χ1n) is 8.57. The second-order valence-electron chi connectivity index (χ2n) is 6.59. The number of amides is 1. The van der Waals surface area contributed by atoms with Gasteiger partial charge in [0.25, 0.3) is 5.91 Å². The van der Waals surface area contributed by atoms with Crippen molar-refractivity contribution < 1.29 is 9.59 Å². The average Bonchev–Trinajstić information content (AvgIpc) is 2.64. The normalized spacial score (nSPS) is 17.3. The zero-order valence-electron chi connectivity index (χ0n) is 14.4. The van der Waals surface area contributed by atoms with Gasteiger partial charge < -0.3 is 9.47 Å². The van der Waals surface area contributed by atoms with Crippen LogP contribution in [0.4, 0.5) is 0 Å². The molecule has 3 rings (SSSR count). The molecule has 5 nitrogen and oxygen atoms in total. The molecule has 1 atom stereocenters. The number of aryl methyl sites for hydroxylation is 1. The van der Waals surface area contributed by atoms with Crippen LogP contribution >= 0.6 is 0 Å². The number of nitrogens with zero attached hydrogens (tertiary/aromatic N) is 2. The molecule has 2 heterocycles. The monoisotopic (exact) mass is 338 g/mol. The van der Waals surface area contributed by atoms with Gasteiger partial charge in [0.1, 0.15) is 5.78 Å². The standard InChI is InChI=1S/C20H22N2O3/c1-21-13-17(9-10-19(21)24)20(25)22-11-5-8-16(14-22)18(23)12-15-6-3-2-4-7-15/h2-4,6-7,9-10,13,16H,5,8,11-12,14H2,1H3/t16-/m1/s1. The Hall–Kier alpha value is -2.69. The Morgan fingerprint density at radius 2 is 1.88 bits per heavy atom. The molecule has 0 N–H and O–H groups in total. The minimum atomic E-state index is -0.147. The molecule has 2 aromatic rings. The smallest absolute Gasteiger partial charge is 0.255 e. The third-order valence-electron chi connectivity index (χ3n) is 4.72. The maximum atomic E-state index is 12.7. The van der Waals surface area contributed by atoms with E-state index in [4.69, 9.17) is 0 Å². The third kappa shape index (κ3) is 4.05. The van der Waals surface area contributed by atoms with Crippen molar-refractivity contribution in [1.29, 1.82) is 0 Å². The SMILES string of the molecule is Cn1cc(C(=O)N2CCC[C@@H](C(=O)Cc3ccccc3)C2)ccc1=O. The Kier molecular flexibility index (Phi) is 5.12. The summed E-state index contributed by atoms with van der Waals surface area (Å²) in [4.78, 5) is 38.5. The Morgan fingerprint density at radius 1 is 1.12 bits per heavy atom. The summed E-state index contributed by atoms with van der Waals surface area (Å²) in [5.74, 6) is -0.0533. The highest BCUT2D eigenvalue weighted by Crippen LogP contribution is 2.21. The molecule has 1 aliphatic heterocycles. The number of carbonyl (C=O) groups is 2. The van der Waals surface area contributed by atoms with Crippen LogP contribution in [0.25, 0.3) is 0 Å². The first-order valence-corrected chi connectivity index (χ1v) is 8.57. The summed E-state index contributed by atoms with van der Waals surface area (Å²) in [6, 6.07) is 12.7. The molecular weight excluding hydrogens is 316 g/mol. The van der Waals surface area contributed by atoms with Crippen LogP contribution in [-0.4, -0.2) is 34.2 Å². The van der Waals surface area contributed by atoms with Gasteiger partial charge in [-0.05, 0) is 24.5 Å². The molecule has 0 saturated carbocycles. The summed E-state index contributed by atoms with van der Waals surface area (Å²) in [5, 5.41) is 0. The summed E-state index contributed by atoms with van der Waals surface area (Å²) in [7, 11) is 1.63. The Labute approximate surface area is 146 Å². The van der Waals surface area contributed by atoms with Crippen molar-refractivity contribution in [2.24, 2.45) is 13.0 Å². The van der Waals surface area contributed by atoms with Crippen LogP contribution in [0.2, 0.25) is 0 Å². The number of rotatable bonds is 4. The molecule has 0 spiro atoms. The van der Waals surface area contributed by atoms with Gasteiger partial charge in [-0.3, -0.25) is 14.4 Å². The fraction of sp³-hybridized carbons (Fsp3) is 0.350. The quantitative estimate of drug-likeness (QED) is 0.857. The van der Waals surface area contributed by atoms with E-state index in [1.54, 1.807) is 24.2 Å². The molecule has 0 aliphatic carbocycles. The van der Waals surface area contributed by atoms with Crippen LogP contribution in [0.15, 0.2) is 53.5 Å². The molecule has 0 radical (unpaired) electrons. The number of hydrogen-bond acceptors (Lipinski definition) is 3. The molecule has 1 aromatic heterocycles. The van der Waals surface area contributed by atoms with Crippen molar-refractivity contribution in [2.75, 3.05) is 13.1 Å². The van der Waals surface area contributed by atoms with Gasteiger partial charge in [0, 0.05) is 44.7 Å². The zero-order chi connectivity index (χ0) is 17.8. The van der Waals surface area contributed by atoms with Crippen LogP contribution in [0.5, 0.6) is 0 Å². The van der Waals surface area contributed by atoms with Crippen LogP contribution in [-0.2, 0) is 18.3 Å². The number of likely N-dealkylation sites (tertiary alicyclic amines) is 1. The number of carbonyl (C=O) groups excluding carboxylic acids is 2. The van der Waals surface area contributed by atoms with Gasteiger partial charge in [-0.1, -0.05) is 30.3 Å². The van der Waals surface area contributed by atoms with E-state index in [1.165, 1.54) is 10.6 Å². The maximum Gasteiger partial charge on any atom is 0.255 e. The molecule has 0 bridgehead atoms. The molecule has 130 valence electrons. The fourth-order valence-electron chi connectivity index (χ4n) is 3.27. The molecule has 5 heteroatoms. The van der Waals surface area contributed by atoms with Crippen molar-refractivity contribution in [2.45, 2.75) is 19.3 Å². The minimum absolute atomic E-state index is 0.118. The molecule has 1 amide bonds. The largest absolute Gasteiger partial charge is 0.338 e. The molecule has 1 aromatic carbocycles. The number of benzene rings is 1. The van der Waals surface area contributed by atoms with E-state index in [2.05, 4.69) is 0 Å². The van der Waals surface area contributed by atoms with E-state index in [-0.39, 0.29) is 23.2 Å². The molecule has 1 fully saturated rings. The predicted molar refractivity (Wildman–Crippen MR) is 95.5 cm³/mol.